The van der Waals surface area contributed by atoms with Crippen LogP contribution in [-0.4, -0.2) is 42.1 Å². The number of amides is 1. The molecule has 0 heterocycles. The van der Waals surface area contributed by atoms with Crippen LogP contribution in [0.2, 0.25) is 0 Å². The van der Waals surface area contributed by atoms with Gasteiger partial charge in [0.15, 0.2) is 0 Å². The largest absolute Gasteiger partial charge is 0.480 e. The van der Waals surface area contributed by atoms with E-state index in [9.17, 15) is 14.4 Å². The highest BCUT2D eigenvalue weighted by Gasteiger charge is 2.25. The number of carboxylic acids is 1. The van der Waals surface area contributed by atoms with Gasteiger partial charge in [0.05, 0.1) is 13.2 Å². The Balaban J connectivity index is 4.41. The summed E-state index contributed by atoms with van der Waals surface area (Å²) in [7, 11) is 1.21. The lowest BCUT2D eigenvalue weighted by atomic mass is 10.0. The van der Waals surface area contributed by atoms with E-state index in [0.29, 0.717) is 0 Å². The molecular formula is C11H20N2O5. The Labute approximate surface area is 106 Å². The second kappa shape index (κ2) is 7.65. The van der Waals surface area contributed by atoms with Crippen LogP contribution in [0.3, 0.4) is 0 Å². The van der Waals surface area contributed by atoms with E-state index < -0.39 is 29.9 Å². The van der Waals surface area contributed by atoms with Crippen LogP contribution in [0, 0.1) is 5.92 Å². The standard InChI is InChI=1S/C11H20N2O5/c1-6(2)9(12)10(15)13-7(11(16)17)4-5-8(14)18-3/h6-7,9H,4-5,12H2,1-3H3,(H,13,15)(H,16,17)/t7-,9-/m0/s1. The van der Waals surface area contributed by atoms with Gasteiger partial charge >= 0.3 is 11.9 Å². The van der Waals surface area contributed by atoms with Crippen LogP contribution in [0.4, 0.5) is 0 Å². The Morgan fingerprint density at radius 2 is 1.89 bits per heavy atom. The van der Waals surface area contributed by atoms with Crippen molar-refractivity contribution in [2.75, 3.05) is 7.11 Å². The van der Waals surface area contributed by atoms with Gasteiger partial charge in [-0.1, -0.05) is 13.8 Å². The number of esters is 1. The van der Waals surface area contributed by atoms with Crippen molar-refractivity contribution in [1.82, 2.24) is 5.32 Å². The maximum atomic E-state index is 11.6. The minimum Gasteiger partial charge on any atom is -0.480 e. The first-order valence-corrected chi connectivity index (χ1v) is 5.65. The number of aliphatic carboxylic acids is 1. The lowest BCUT2D eigenvalue weighted by Crippen LogP contribution is -2.50. The molecule has 7 nitrogen and oxygen atoms in total. The van der Waals surface area contributed by atoms with Gasteiger partial charge in [-0.25, -0.2) is 4.79 Å². The predicted octanol–water partition coefficient (Wildman–Crippen LogP) is -0.508. The quantitative estimate of drug-likeness (QED) is 0.530. The second-order valence-electron chi connectivity index (χ2n) is 4.28. The molecule has 104 valence electrons. The Hall–Kier alpha value is -1.63. The smallest absolute Gasteiger partial charge is 0.326 e. The molecule has 0 spiro atoms. The maximum Gasteiger partial charge on any atom is 0.326 e. The first-order valence-electron chi connectivity index (χ1n) is 5.65. The summed E-state index contributed by atoms with van der Waals surface area (Å²) in [5.41, 5.74) is 5.59. The van der Waals surface area contributed by atoms with Crippen LogP contribution in [0.15, 0.2) is 0 Å². The fourth-order valence-electron chi connectivity index (χ4n) is 1.19. The average Bonchev–Trinajstić information content (AvgIpc) is 2.31. The summed E-state index contributed by atoms with van der Waals surface area (Å²) >= 11 is 0. The number of nitrogens with two attached hydrogens (primary N) is 1. The fraction of sp³-hybridized carbons (Fsp3) is 0.727. The highest BCUT2D eigenvalue weighted by atomic mass is 16.5. The molecule has 0 rings (SSSR count). The van der Waals surface area contributed by atoms with Crippen LogP contribution >= 0.6 is 0 Å². The first kappa shape index (κ1) is 16.4. The SMILES string of the molecule is COC(=O)CC[C@H](NC(=O)[C@@H](N)C(C)C)C(=O)O. The van der Waals surface area contributed by atoms with E-state index in [1.165, 1.54) is 7.11 Å². The molecule has 0 aromatic carbocycles. The number of hydrogen-bond donors (Lipinski definition) is 3. The normalized spacial score (nSPS) is 13.8. The van der Waals surface area contributed by atoms with Crippen LogP contribution in [0.25, 0.3) is 0 Å². The van der Waals surface area contributed by atoms with E-state index in [2.05, 4.69) is 10.1 Å². The van der Waals surface area contributed by atoms with E-state index in [0.717, 1.165) is 0 Å². The molecule has 4 N–H and O–H groups in total. The lowest BCUT2D eigenvalue weighted by Gasteiger charge is -2.19. The number of ether oxygens (including phenoxy) is 1. The van der Waals surface area contributed by atoms with Crippen molar-refractivity contribution in [2.45, 2.75) is 38.8 Å². The predicted molar refractivity (Wildman–Crippen MR) is 63.6 cm³/mol. The number of methoxy groups -OCH3 is 1. The van der Waals surface area contributed by atoms with Gasteiger partial charge < -0.3 is 20.9 Å². The summed E-state index contributed by atoms with van der Waals surface area (Å²) in [6.45, 7) is 3.52. The minimum absolute atomic E-state index is 0.0292. The van der Waals surface area contributed by atoms with Gasteiger partial charge in [-0.3, -0.25) is 9.59 Å². The molecule has 0 unspecified atom stereocenters. The second-order valence-corrected chi connectivity index (χ2v) is 4.28. The van der Waals surface area contributed by atoms with Crippen LogP contribution < -0.4 is 11.1 Å². The van der Waals surface area contributed by atoms with Gasteiger partial charge in [-0.05, 0) is 12.3 Å². The average molecular weight is 260 g/mol. The lowest BCUT2D eigenvalue weighted by molar-refractivity contribution is -0.144. The third-order valence-corrected chi connectivity index (χ3v) is 2.50. The zero-order chi connectivity index (χ0) is 14.3. The van der Waals surface area contributed by atoms with Crippen molar-refractivity contribution in [3.05, 3.63) is 0 Å². The van der Waals surface area contributed by atoms with E-state index in [-0.39, 0.29) is 18.8 Å². The molecular weight excluding hydrogens is 240 g/mol. The summed E-state index contributed by atoms with van der Waals surface area (Å²) in [5.74, 6) is -2.37. The molecule has 0 radical (unpaired) electrons. The van der Waals surface area contributed by atoms with Gasteiger partial charge in [0.2, 0.25) is 5.91 Å². The summed E-state index contributed by atoms with van der Waals surface area (Å²) in [6, 6.07) is -1.91. The van der Waals surface area contributed by atoms with Crippen molar-refractivity contribution < 1.29 is 24.2 Å². The summed E-state index contributed by atoms with van der Waals surface area (Å²) < 4.78 is 4.40. The van der Waals surface area contributed by atoms with Crippen molar-refractivity contribution in [3.63, 3.8) is 0 Å². The van der Waals surface area contributed by atoms with Gasteiger partial charge in [0.25, 0.3) is 0 Å². The topological polar surface area (TPSA) is 119 Å². The number of rotatable bonds is 7. The van der Waals surface area contributed by atoms with Crippen molar-refractivity contribution in [2.24, 2.45) is 11.7 Å². The molecule has 0 saturated carbocycles. The minimum atomic E-state index is -1.21. The Bertz CT molecular complexity index is 317. The van der Waals surface area contributed by atoms with Crippen LogP contribution in [0.1, 0.15) is 26.7 Å². The molecule has 0 saturated heterocycles. The summed E-state index contributed by atoms with van der Waals surface area (Å²) in [6.07, 6.45) is -0.108. The molecule has 0 aromatic heterocycles. The van der Waals surface area contributed by atoms with Gasteiger partial charge in [-0.15, -0.1) is 0 Å². The Kier molecular flexibility index (Phi) is 6.96. The molecule has 2 atom stereocenters. The fourth-order valence-corrected chi connectivity index (χ4v) is 1.19. The zero-order valence-electron chi connectivity index (χ0n) is 10.8. The van der Waals surface area contributed by atoms with Crippen LogP contribution in [0.5, 0.6) is 0 Å². The Morgan fingerprint density at radius 1 is 1.33 bits per heavy atom. The molecule has 7 heteroatoms. The van der Waals surface area contributed by atoms with E-state index >= 15 is 0 Å². The van der Waals surface area contributed by atoms with E-state index in [4.69, 9.17) is 10.8 Å². The number of carbonyl (C=O) groups is 3. The molecule has 0 aliphatic rings. The molecule has 0 aromatic rings. The van der Waals surface area contributed by atoms with Gasteiger partial charge in [-0.2, -0.15) is 0 Å². The summed E-state index contributed by atoms with van der Waals surface area (Å²) in [5, 5.41) is 11.2. The highest BCUT2D eigenvalue weighted by Crippen LogP contribution is 2.03. The van der Waals surface area contributed by atoms with E-state index in [1.54, 1.807) is 13.8 Å². The van der Waals surface area contributed by atoms with Crippen molar-refractivity contribution in [3.8, 4) is 0 Å². The van der Waals surface area contributed by atoms with Crippen molar-refractivity contribution >= 4 is 17.8 Å². The van der Waals surface area contributed by atoms with Gasteiger partial charge in [0, 0.05) is 6.42 Å². The molecule has 0 aliphatic carbocycles. The monoisotopic (exact) mass is 260 g/mol. The molecule has 18 heavy (non-hydrogen) atoms. The summed E-state index contributed by atoms with van der Waals surface area (Å²) in [4.78, 5) is 33.4. The van der Waals surface area contributed by atoms with Gasteiger partial charge in [0.1, 0.15) is 6.04 Å². The van der Waals surface area contributed by atoms with Crippen molar-refractivity contribution in [1.29, 1.82) is 0 Å². The highest BCUT2D eigenvalue weighted by molar-refractivity contribution is 5.87. The Morgan fingerprint density at radius 3 is 2.28 bits per heavy atom. The third kappa shape index (κ3) is 5.62. The maximum absolute atomic E-state index is 11.6. The molecule has 1 amide bonds. The zero-order valence-corrected chi connectivity index (χ0v) is 10.8. The number of nitrogens with one attached hydrogen (secondary N) is 1. The van der Waals surface area contributed by atoms with E-state index in [1.807, 2.05) is 0 Å². The van der Waals surface area contributed by atoms with Crippen LogP contribution in [-0.2, 0) is 19.1 Å². The number of carboxylic acid groups (broad SMARTS) is 1. The number of carbonyl (C=O) groups excluding carboxylic acids is 2. The first-order chi connectivity index (χ1) is 8.29. The molecule has 0 aliphatic heterocycles. The molecule has 0 bridgehead atoms. The molecule has 0 fully saturated rings. The third-order valence-electron chi connectivity index (χ3n) is 2.50. The number of hydrogen-bond acceptors (Lipinski definition) is 5.